The standard InChI is InChI=1S/C20H13NO2.CH4O3S/c22-19-14-7-3-4-8-15(14)20(23)18-16(19)11-21-10-13-6-2-1-5-12(13)9-17(18)21;1-5(2,3)4/h1-8,11H,9-10H2;1H3,(H,2,3,4). The Balaban J connectivity index is 0.000000346. The molecule has 1 aromatic heterocycles. The molecule has 28 heavy (non-hydrogen) atoms. The van der Waals surface area contributed by atoms with E-state index in [9.17, 15) is 18.0 Å². The van der Waals surface area contributed by atoms with Crippen molar-refractivity contribution in [3.8, 4) is 0 Å². The average molecular weight is 395 g/mol. The van der Waals surface area contributed by atoms with Gasteiger partial charge < -0.3 is 4.57 Å². The molecular weight excluding hydrogens is 378 g/mol. The SMILES string of the molecule is CS(=O)(=O)O.O=C1c2ccccc2C(=O)c2c1cn1c2Cc2ccccc2C1. The van der Waals surface area contributed by atoms with Gasteiger partial charge in [0.15, 0.2) is 11.6 Å². The number of aromatic nitrogens is 1. The van der Waals surface area contributed by atoms with E-state index in [2.05, 4.69) is 16.7 Å². The van der Waals surface area contributed by atoms with Crippen LogP contribution in [0.25, 0.3) is 0 Å². The molecule has 2 aliphatic rings. The molecule has 1 N–H and O–H groups in total. The third-order valence-electron chi connectivity index (χ3n) is 4.89. The lowest BCUT2D eigenvalue weighted by atomic mass is 9.84. The normalized spacial score (nSPS) is 14.2. The van der Waals surface area contributed by atoms with Crippen molar-refractivity contribution >= 4 is 21.7 Å². The van der Waals surface area contributed by atoms with Crippen LogP contribution in [0.15, 0.2) is 54.7 Å². The van der Waals surface area contributed by atoms with Gasteiger partial charge in [0.2, 0.25) is 0 Å². The van der Waals surface area contributed by atoms with Crippen molar-refractivity contribution in [1.82, 2.24) is 4.57 Å². The predicted octanol–water partition coefficient (Wildman–Crippen LogP) is 2.72. The predicted molar refractivity (Wildman–Crippen MR) is 104 cm³/mol. The zero-order chi connectivity index (χ0) is 20.1. The molecular formula is C21H17NO5S. The number of hydrogen-bond acceptors (Lipinski definition) is 4. The fraction of sp³-hybridized carbons (Fsp3) is 0.143. The molecule has 1 aliphatic carbocycles. The van der Waals surface area contributed by atoms with Gasteiger partial charge in [0.1, 0.15) is 0 Å². The third kappa shape index (κ3) is 3.19. The summed E-state index contributed by atoms with van der Waals surface area (Å²) in [6.45, 7) is 0.718. The van der Waals surface area contributed by atoms with Crippen LogP contribution < -0.4 is 0 Å². The summed E-state index contributed by atoms with van der Waals surface area (Å²) in [5.41, 5.74) is 5.65. The number of fused-ring (bicyclic) bond motifs is 5. The van der Waals surface area contributed by atoms with Crippen LogP contribution in [0.5, 0.6) is 0 Å². The summed E-state index contributed by atoms with van der Waals surface area (Å²) < 4.78 is 27.9. The molecule has 0 bridgehead atoms. The van der Waals surface area contributed by atoms with E-state index in [1.165, 1.54) is 11.1 Å². The van der Waals surface area contributed by atoms with Crippen LogP contribution in [0.2, 0.25) is 0 Å². The summed E-state index contributed by atoms with van der Waals surface area (Å²) in [7, 11) is -3.67. The molecule has 0 spiro atoms. The second kappa shape index (κ2) is 6.54. The van der Waals surface area contributed by atoms with Gasteiger partial charge in [-0.2, -0.15) is 8.42 Å². The highest BCUT2D eigenvalue weighted by atomic mass is 32.2. The van der Waals surface area contributed by atoms with Gasteiger partial charge in [-0.3, -0.25) is 14.1 Å². The van der Waals surface area contributed by atoms with Gasteiger partial charge in [-0.05, 0) is 11.1 Å². The molecule has 3 aromatic rings. The fourth-order valence-electron chi connectivity index (χ4n) is 3.76. The molecule has 6 nitrogen and oxygen atoms in total. The smallest absolute Gasteiger partial charge is 0.261 e. The van der Waals surface area contributed by atoms with E-state index in [0.29, 0.717) is 34.9 Å². The topological polar surface area (TPSA) is 93.4 Å². The molecule has 2 heterocycles. The van der Waals surface area contributed by atoms with Crippen LogP contribution >= 0.6 is 0 Å². The Morgan fingerprint density at radius 3 is 2.04 bits per heavy atom. The Labute approximate surface area is 162 Å². The lowest BCUT2D eigenvalue weighted by Crippen LogP contribution is -2.21. The molecule has 7 heteroatoms. The molecule has 2 aromatic carbocycles. The minimum Gasteiger partial charge on any atom is -0.345 e. The number of carbonyl (C=O) groups is 2. The summed E-state index contributed by atoms with van der Waals surface area (Å²) >= 11 is 0. The van der Waals surface area contributed by atoms with Crippen molar-refractivity contribution in [3.05, 3.63) is 93.8 Å². The molecule has 0 radical (unpaired) electrons. The highest BCUT2D eigenvalue weighted by molar-refractivity contribution is 7.85. The second-order valence-electron chi connectivity index (χ2n) is 6.87. The molecule has 0 atom stereocenters. The van der Waals surface area contributed by atoms with E-state index in [0.717, 1.165) is 12.2 Å². The maximum Gasteiger partial charge on any atom is 0.261 e. The number of ketones is 2. The van der Waals surface area contributed by atoms with Crippen molar-refractivity contribution in [3.63, 3.8) is 0 Å². The lowest BCUT2D eigenvalue weighted by molar-refractivity contribution is 0.0979. The fourth-order valence-corrected chi connectivity index (χ4v) is 3.76. The highest BCUT2D eigenvalue weighted by Crippen LogP contribution is 2.34. The first kappa shape index (κ1) is 18.3. The van der Waals surface area contributed by atoms with Crippen LogP contribution in [0.1, 0.15) is 48.7 Å². The van der Waals surface area contributed by atoms with Crippen molar-refractivity contribution < 1.29 is 22.6 Å². The quantitative estimate of drug-likeness (QED) is 0.407. The molecule has 0 amide bonds. The van der Waals surface area contributed by atoms with Crippen LogP contribution in [0.4, 0.5) is 0 Å². The van der Waals surface area contributed by atoms with Crippen LogP contribution in [-0.4, -0.2) is 35.4 Å². The number of nitrogens with zero attached hydrogens (tertiary/aromatic N) is 1. The van der Waals surface area contributed by atoms with Gasteiger partial charge in [0.25, 0.3) is 10.1 Å². The lowest BCUT2D eigenvalue weighted by Gasteiger charge is -2.21. The van der Waals surface area contributed by atoms with Gasteiger partial charge in [-0.25, -0.2) is 0 Å². The monoisotopic (exact) mass is 395 g/mol. The Bertz CT molecular complexity index is 1230. The van der Waals surface area contributed by atoms with Crippen molar-refractivity contribution in [2.24, 2.45) is 0 Å². The van der Waals surface area contributed by atoms with Gasteiger partial charge in [0, 0.05) is 36.0 Å². The van der Waals surface area contributed by atoms with Crippen molar-refractivity contribution in [2.45, 2.75) is 13.0 Å². The van der Waals surface area contributed by atoms with Crippen LogP contribution in [-0.2, 0) is 23.1 Å². The molecule has 142 valence electrons. The summed E-state index contributed by atoms with van der Waals surface area (Å²) in [6.07, 6.45) is 3.27. The third-order valence-corrected chi connectivity index (χ3v) is 4.89. The number of rotatable bonds is 0. The molecule has 0 saturated heterocycles. The summed E-state index contributed by atoms with van der Waals surface area (Å²) in [5.74, 6) is -0.0653. The van der Waals surface area contributed by atoms with Gasteiger partial charge >= 0.3 is 0 Å². The maximum atomic E-state index is 12.9. The largest absolute Gasteiger partial charge is 0.345 e. The molecule has 1 aliphatic heterocycles. The van der Waals surface area contributed by atoms with Crippen LogP contribution in [0.3, 0.4) is 0 Å². The number of hydrogen-bond donors (Lipinski definition) is 1. The van der Waals surface area contributed by atoms with E-state index in [4.69, 9.17) is 4.55 Å². The van der Waals surface area contributed by atoms with E-state index >= 15 is 0 Å². The Morgan fingerprint density at radius 2 is 1.39 bits per heavy atom. The van der Waals surface area contributed by atoms with Crippen molar-refractivity contribution in [2.75, 3.05) is 6.26 Å². The minimum atomic E-state index is -3.67. The van der Waals surface area contributed by atoms with Crippen LogP contribution in [0, 0.1) is 0 Å². The zero-order valence-electron chi connectivity index (χ0n) is 15.0. The zero-order valence-corrected chi connectivity index (χ0v) is 15.9. The Morgan fingerprint density at radius 1 is 0.857 bits per heavy atom. The van der Waals surface area contributed by atoms with E-state index in [1.54, 1.807) is 18.2 Å². The molecule has 5 rings (SSSR count). The summed E-state index contributed by atoms with van der Waals surface area (Å²) in [6, 6.07) is 15.4. The second-order valence-corrected chi connectivity index (χ2v) is 8.34. The maximum absolute atomic E-state index is 12.9. The van der Waals surface area contributed by atoms with E-state index in [1.807, 2.05) is 24.4 Å². The first-order valence-electron chi connectivity index (χ1n) is 8.63. The van der Waals surface area contributed by atoms with Gasteiger partial charge in [-0.15, -0.1) is 0 Å². The van der Waals surface area contributed by atoms with Gasteiger partial charge in [-0.1, -0.05) is 48.5 Å². The first-order chi connectivity index (χ1) is 13.2. The van der Waals surface area contributed by atoms with Crippen molar-refractivity contribution in [1.29, 1.82) is 0 Å². The van der Waals surface area contributed by atoms with E-state index in [-0.39, 0.29) is 11.6 Å². The number of benzene rings is 2. The Hall–Kier alpha value is -3.03. The van der Waals surface area contributed by atoms with E-state index < -0.39 is 10.1 Å². The Kier molecular flexibility index (Phi) is 4.28. The average Bonchev–Trinajstić information content (AvgIpc) is 3.01. The first-order valence-corrected chi connectivity index (χ1v) is 10.5. The minimum absolute atomic E-state index is 0.0247. The summed E-state index contributed by atoms with van der Waals surface area (Å²) in [4.78, 5) is 25.7. The molecule has 0 saturated carbocycles. The molecule has 0 fully saturated rings. The molecule has 0 unspecified atom stereocenters. The highest BCUT2D eigenvalue weighted by Gasteiger charge is 2.35. The summed E-state index contributed by atoms with van der Waals surface area (Å²) in [5, 5.41) is 0. The van der Waals surface area contributed by atoms with Gasteiger partial charge in [0.05, 0.1) is 17.4 Å². The number of carbonyl (C=O) groups excluding carboxylic acids is 2.